The molecule has 24 heteroatoms. The molecule has 1 aliphatic heterocycles. The number of esters is 4. The first-order valence-corrected chi connectivity index (χ1v) is 18.9. The lowest BCUT2D eigenvalue weighted by Crippen LogP contribution is -2.74. The maximum atomic E-state index is 13.0. The van der Waals surface area contributed by atoms with Crippen LogP contribution in [-0.2, 0) is 57.8 Å². The van der Waals surface area contributed by atoms with Gasteiger partial charge in [-0.3, -0.25) is 0 Å². The molecule has 4 N–H and O–H groups in total. The van der Waals surface area contributed by atoms with Crippen LogP contribution >= 0.6 is 0 Å². The van der Waals surface area contributed by atoms with Crippen LogP contribution in [0.25, 0.3) is 0 Å². The number of aliphatic hydroxyl groups excluding tert-OH is 4. The fraction of sp³-hybridized carbons (Fsp3) is 0.568. The number of rotatable bonds is 22. The highest BCUT2D eigenvalue weighted by Gasteiger charge is 2.57. The zero-order chi connectivity index (χ0) is 46.6. The van der Waals surface area contributed by atoms with E-state index in [4.69, 9.17) is 9.47 Å². The number of β-amino-alcohol motifs (C(OH)–C–C–N with tert-alkyl or cyclic N) is 2. The summed E-state index contributed by atoms with van der Waals surface area (Å²) in [5, 5.41) is 40.0. The van der Waals surface area contributed by atoms with Crippen molar-refractivity contribution >= 4 is 42.0 Å². The van der Waals surface area contributed by atoms with Crippen molar-refractivity contribution in [1.82, 2.24) is 23.5 Å². The second-order valence-electron chi connectivity index (χ2n) is 13.0. The van der Waals surface area contributed by atoms with Crippen LogP contribution in [0.2, 0.25) is 0 Å². The first-order chi connectivity index (χ1) is 28.7. The Bertz CT molecular complexity index is 1980. The minimum absolute atomic E-state index is 0.0695. The van der Waals surface area contributed by atoms with Gasteiger partial charge in [0.15, 0.2) is 0 Å². The molecular weight excluding hydrogens is 816 g/mol. The summed E-state index contributed by atoms with van der Waals surface area (Å²) in [6.07, 6.45) is 0.222. The lowest BCUT2D eigenvalue weighted by molar-refractivity contribution is -0.773. The molecule has 1 aliphatic rings. The first kappa shape index (κ1) is 52.9. The van der Waals surface area contributed by atoms with Crippen LogP contribution in [0, 0.1) is 0 Å². The molecule has 0 saturated carbocycles. The highest BCUT2D eigenvalue weighted by Crippen LogP contribution is 2.25. The van der Waals surface area contributed by atoms with E-state index in [2.05, 4.69) is 16.1 Å². The van der Waals surface area contributed by atoms with Crippen molar-refractivity contribution in [3.05, 3.63) is 68.4 Å². The van der Waals surface area contributed by atoms with E-state index in [9.17, 15) is 68.4 Å². The highest BCUT2D eigenvalue weighted by molar-refractivity contribution is 6.06. The van der Waals surface area contributed by atoms with Crippen molar-refractivity contribution in [3.8, 4) is 0 Å². The van der Waals surface area contributed by atoms with Crippen molar-refractivity contribution in [2.24, 2.45) is 0 Å². The van der Waals surface area contributed by atoms with E-state index in [-0.39, 0.29) is 39.1 Å². The lowest BCUT2D eigenvalue weighted by Gasteiger charge is -2.43. The van der Waals surface area contributed by atoms with E-state index in [1.54, 1.807) is 27.7 Å². The topological polar surface area (TPSA) is 310 Å². The Labute approximate surface area is 349 Å². The van der Waals surface area contributed by atoms with Gasteiger partial charge < -0.3 is 39.4 Å². The van der Waals surface area contributed by atoms with E-state index in [1.807, 2.05) is 0 Å². The molecule has 6 amide bonds. The summed E-state index contributed by atoms with van der Waals surface area (Å²) in [7, 11) is 2.25. The van der Waals surface area contributed by atoms with Crippen LogP contribution in [0.3, 0.4) is 0 Å². The number of nitrogens with zero attached hydrogens (tertiary/aromatic N) is 6. The zero-order valence-electron chi connectivity index (χ0n) is 34.9. The Hall–Kier alpha value is -6.08. The summed E-state index contributed by atoms with van der Waals surface area (Å²) in [4.78, 5) is 123. The summed E-state index contributed by atoms with van der Waals surface area (Å²) in [6.45, 7) is 7.08. The van der Waals surface area contributed by atoms with Crippen LogP contribution in [0.5, 0.6) is 0 Å². The molecule has 1 aromatic heterocycles. The maximum absolute atomic E-state index is 13.0. The third-order valence-electron chi connectivity index (χ3n) is 8.90. The van der Waals surface area contributed by atoms with Gasteiger partial charge in [-0.1, -0.05) is 19.9 Å². The third kappa shape index (κ3) is 14.9. The van der Waals surface area contributed by atoms with Gasteiger partial charge in [-0.25, -0.2) is 71.4 Å². The minimum atomic E-state index is -1.47. The number of carbonyl (C=O) groups is 7. The molecule has 0 aromatic carbocycles. The van der Waals surface area contributed by atoms with Crippen molar-refractivity contribution < 1.29 is 77.4 Å². The molecule has 0 radical (unpaired) electrons. The van der Waals surface area contributed by atoms with Gasteiger partial charge >= 0.3 is 59.0 Å². The van der Waals surface area contributed by atoms with E-state index >= 15 is 0 Å². The molecule has 24 nitrogen and oxygen atoms in total. The van der Waals surface area contributed by atoms with Crippen LogP contribution in [0.4, 0.5) is 14.4 Å². The number of hydrogen-bond acceptors (Lipinski definition) is 18. The zero-order valence-corrected chi connectivity index (χ0v) is 34.9. The van der Waals surface area contributed by atoms with Crippen molar-refractivity contribution in [3.63, 3.8) is 0 Å². The van der Waals surface area contributed by atoms with Crippen molar-refractivity contribution in [2.45, 2.75) is 84.6 Å². The van der Waals surface area contributed by atoms with Crippen LogP contribution in [0.1, 0.15) is 40.5 Å². The predicted octanol–water partition coefficient (Wildman–Crippen LogP) is -2.01. The smallest absolute Gasteiger partial charge is 0.436 e. The van der Waals surface area contributed by atoms with Crippen LogP contribution in [-0.4, -0.2) is 168 Å². The SMILES string of the molecule is C=CCn1c(=O)n(CC(O)CC)c(=O)n(CC(O)COC(=O)/C=C\C(=O)OC)c1=O.CCC(O)CN1C(=O)N(CC(O)COC(=O)/C=C\C(=O)OC)C(=O)[N+](CC)(CC)C1=O. The number of urea groups is 3. The molecular formula is C37H55N6O18+. The van der Waals surface area contributed by atoms with Crippen molar-refractivity contribution in [2.75, 3.05) is 53.6 Å². The van der Waals surface area contributed by atoms with Gasteiger partial charge in [-0.15, -0.1) is 6.58 Å². The number of imide groups is 3. The molecule has 4 unspecified atom stereocenters. The van der Waals surface area contributed by atoms with Crippen molar-refractivity contribution in [1.29, 1.82) is 0 Å². The molecule has 2 heterocycles. The van der Waals surface area contributed by atoms with Crippen LogP contribution in [0.15, 0.2) is 51.3 Å². The molecule has 61 heavy (non-hydrogen) atoms. The van der Waals surface area contributed by atoms with E-state index in [0.29, 0.717) is 15.6 Å². The van der Waals surface area contributed by atoms with E-state index in [1.165, 1.54) is 6.08 Å². The summed E-state index contributed by atoms with van der Waals surface area (Å²) >= 11 is 0. The largest absolute Gasteiger partial charge is 0.466 e. The Balaban J connectivity index is 0.000000610. The normalized spacial score (nSPS) is 15.7. The standard InChI is InChI=1S/C19H30N3O9.C18H25N3O9/c1-5-13(23)10-20-17(27)21(19(29)22(6-2,7-3)18(20)28)11-14(24)12-31-16(26)9-8-15(25)30-4;1-4-8-19-16(26)20(9-12(22)5-2)18(28)21(17(19)27)10-13(23)11-30-15(25)7-6-14(24)29-3/h8-9,13-14,23-24H,5-7,10-12H2,1-4H3;4,6-7,12-13,22-23H,1,5,8-11H2,2-3H3/q+1;/b9-8-;7-6-. The highest BCUT2D eigenvalue weighted by atomic mass is 16.5. The Morgan fingerprint density at radius 1 is 0.574 bits per heavy atom. The molecule has 0 bridgehead atoms. The molecule has 2 rings (SSSR count). The first-order valence-electron chi connectivity index (χ1n) is 18.9. The van der Waals surface area contributed by atoms with Gasteiger partial charge in [0.1, 0.15) is 25.4 Å². The molecule has 4 atom stereocenters. The summed E-state index contributed by atoms with van der Waals surface area (Å²) < 4.78 is 19.5. The monoisotopic (exact) mass is 871 g/mol. The molecule has 0 spiro atoms. The Morgan fingerprint density at radius 3 is 1.30 bits per heavy atom. The van der Waals surface area contributed by atoms with E-state index < -0.39 is 114 Å². The Morgan fingerprint density at radius 2 is 0.918 bits per heavy atom. The molecule has 340 valence electrons. The average Bonchev–Trinajstić information content (AvgIpc) is 3.25. The number of amides is 6. The summed E-state index contributed by atoms with van der Waals surface area (Å²) in [5.41, 5.74) is -2.92. The minimum Gasteiger partial charge on any atom is -0.466 e. The van der Waals surface area contributed by atoms with Gasteiger partial charge in [0, 0.05) is 24.3 Å². The van der Waals surface area contributed by atoms with E-state index in [0.717, 1.165) is 52.9 Å². The van der Waals surface area contributed by atoms with Gasteiger partial charge in [-0.2, -0.15) is 4.48 Å². The number of carbonyl (C=O) groups excluding carboxylic acids is 7. The molecule has 1 fully saturated rings. The molecule has 1 aromatic rings. The number of aliphatic hydroxyl groups is 4. The van der Waals surface area contributed by atoms with Gasteiger partial charge in [0.2, 0.25) is 0 Å². The molecule has 0 aliphatic carbocycles. The number of methoxy groups -OCH3 is 2. The fourth-order valence-corrected chi connectivity index (χ4v) is 5.28. The van der Waals surface area contributed by atoms with Gasteiger partial charge in [0.25, 0.3) is 0 Å². The number of allylic oxidation sites excluding steroid dienone is 1. The summed E-state index contributed by atoms with van der Waals surface area (Å²) in [5.74, 6) is -3.43. The van der Waals surface area contributed by atoms with Crippen LogP contribution < -0.4 is 17.1 Å². The predicted molar refractivity (Wildman–Crippen MR) is 209 cm³/mol. The number of hydrogen-bond donors (Lipinski definition) is 4. The second kappa shape index (κ2) is 25.5. The Kier molecular flexibility index (Phi) is 22.1. The number of ether oxygens (including phenoxy) is 4. The summed E-state index contributed by atoms with van der Waals surface area (Å²) in [6, 6.07) is -2.51. The number of aromatic nitrogens is 3. The third-order valence-corrected chi connectivity index (χ3v) is 8.90. The van der Waals surface area contributed by atoms with Gasteiger partial charge in [-0.05, 0) is 26.7 Å². The lowest BCUT2D eigenvalue weighted by atomic mass is 10.2. The maximum Gasteiger partial charge on any atom is 0.436 e. The average molecular weight is 872 g/mol. The van der Waals surface area contributed by atoms with Gasteiger partial charge in [0.05, 0.1) is 72.2 Å². The molecule has 1 saturated heterocycles. The quantitative estimate of drug-likeness (QED) is 0.0322. The number of quaternary nitrogens is 1. The fourth-order valence-electron chi connectivity index (χ4n) is 5.28. The second-order valence-corrected chi connectivity index (χ2v) is 13.0.